The third kappa shape index (κ3) is 5.72. The Labute approximate surface area is 193 Å². The zero-order chi connectivity index (χ0) is 24.0. The van der Waals surface area contributed by atoms with E-state index >= 15 is 0 Å². The summed E-state index contributed by atoms with van der Waals surface area (Å²) >= 11 is 0. The lowest BCUT2D eigenvalue weighted by atomic mass is 10.2. The number of aromatic nitrogens is 2. The number of carbonyl (C=O) groups is 1. The molecule has 1 amide bonds. The third-order valence-corrected chi connectivity index (χ3v) is 5.18. The van der Waals surface area contributed by atoms with Crippen molar-refractivity contribution in [3.05, 3.63) is 73.2 Å². The maximum atomic E-state index is 14.5. The zero-order valence-corrected chi connectivity index (χ0v) is 19.4. The maximum absolute atomic E-state index is 14.5. The average molecular weight is 451 g/mol. The van der Waals surface area contributed by atoms with Gasteiger partial charge in [0.05, 0.1) is 20.3 Å². The number of hydrogen-bond donors (Lipinski definition) is 1. The van der Waals surface area contributed by atoms with Crippen LogP contribution in [0.5, 0.6) is 11.6 Å². The highest BCUT2D eigenvalue weighted by Crippen LogP contribution is 2.33. The molecule has 0 saturated carbocycles. The molecule has 0 atom stereocenters. The van der Waals surface area contributed by atoms with Crippen LogP contribution in [0, 0.1) is 5.82 Å². The van der Waals surface area contributed by atoms with Crippen LogP contribution in [0.3, 0.4) is 0 Å². The second kappa shape index (κ2) is 10.2. The molecule has 8 heteroatoms. The summed E-state index contributed by atoms with van der Waals surface area (Å²) in [6.07, 6.45) is 3.31. The van der Waals surface area contributed by atoms with Gasteiger partial charge in [-0.15, -0.1) is 4.98 Å². The number of carbonyl (C=O) groups excluding carboxylic acids is 1. The van der Waals surface area contributed by atoms with Gasteiger partial charge in [-0.25, -0.2) is 4.48 Å². The quantitative estimate of drug-likeness (QED) is 0.355. The minimum atomic E-state index is -0.685. The van der Waals surface area contributed by atoms with Gasteiger partial charge in [0.15, 0.2) is 0 Å². The van der Waals surface area contributed by atoms with E-state index in [1.807, 2.05) is 26.2 Å². The van der Waals surface area contributed by atoms with E-state index < -0.39 is 5.82 Å². The van der Waals surface area contributed by atoms with Gasteiger partial charge in [-0.3, -0.25) is 4.79 Å². The van der Waals surface area contributed by atoms with Gasteiger partial charge in [-0.2, -0.15) is 9.37 Å². The molecule has 0 aliphatic heterocycles. The number of anilines is 2. The van der Waals surface area contributed by atoms with Crippen molar-refractivity contribution < 1.29 is 13.9 Å². The molecule has 7 nitrogen and oxygen atoms in total. The molecule has 1 heterocycles. The molecule has 1 N–H and O–H groups in total. The molecule has 0 spiro atoms. The van der Waals surface area contributed by atoms with Crippen LogP contribution in [0.1, 0.15) is 13.3 Å². The lowest BCUT2D eigenvalue weighted by Gasteiger charge is -2.27. The molecule has 33 heavy (non-hydrogen) atoms. The molecular formula is C25H29FN5O2+. The van der Waals surface area contributed by atoms with E-state index in [-0.39, 0.29) is 16.3 Å². The highest BCUT2D eigenvalue weighted by molar-refractivity contribution is 5.98. The standard InChI is InChI=1S/C25H28FN5O2/c1-6-14-30(3)19-11-9-12-20(16-19)31(4,5)25-27-17-22(26)24(29-25)33-21-13-8-10-18(15-21)28-23(32)7-2/h7-13,15-17H,2,6,14H2,1,3-5H3/p+1. The summed E-state index contributed by atoms with van der Waals surface area (Å²) in [5.74, 6) is -0.534. The minimum Gasteiger partial charge on any atom is -0.436 e. The lowest BCUT2D eigenvalue weighted by molar-refractivity contribution is -0.111. The average Bonchev–Trinajstić information content (AvgIpc) is 2.80. The lowest BCUT2D eigenvalue weighted by Crippen LogP contribution is -2.36. The van der Waals surface area contributed by atoms with Crippen LogP contribution in [0.4, 0.5) is 27.4 Å². The number of nitrogens with zero attached hydrogens (tertiary/aromatic N) is 4. The van der Waals surface area contributed by atoms with E-state index in [2.05, 4.69) is 52.9 Å². The Balaban J connectivity index is 1.90. The molecule has 0 radical (unpaired) electrons. The highest BCUT2D eigenvalue weighted by Gasteiger charge is 2.28. The van der Waals surface area contributed by atoms with Crippen molar-refractivity contribution in [3.63, 3.8) is 0 Å². The molecule has 1 aromatic heterocycles. The third-order valence-electron chi connectivity index (χ3n) is 5.18. The van der Waals surface area contributed by atoms with E-state index in [0.717, 1.165) is 30.5 Å². The largest absolute Gasteiger partial charge is 0.436 e. The van der Waals surface area contributed by atoms with E-state index in [1.54, 1.807) is 24.3 Å². The molecule has 172 valence electrons. The van der Waals surface area contributed by atoms with Crippen molar-refractivity contribution in [2.75, 3.05) is 37.9 Å². The van der Waals surface area contributed by atoms with Gasteiger partial charge in [0.25, 0.3) is 5.88 Å². The Morgan fingerprint density at radius 1 is 1.24 bits per heavy atom. The van der Waals surface area contributed by atoms with Gasteiger partial charge < -0.3 is 15.0 Å². The molecule has 0 unspecified atom stereocenters. The molecule has 3 rings (SSSR count). The Morgan fingerprint density at radius 2 is 2.00 bits per heavy atom. The van der Waals surface area contributed by atoms with E-state index in [0.29, 0.717) is 17.4 Å². The van der Waals surface area contributed by atoms with Crippen LogP contribution in [-0.4, -0.2) is 43.6 Å². The first-order valence-electron chi connectivity index (χ1n) is 10.6. The molecule has 0 bridgehead atoms. The number of ether oxygens (including phenoxy) is 1. The van der Waals surface area contributed by atoms with E-state index in [1.165, 1.54) is 6.08 Å². The second-order valence-electron chi connectivity index (χ2n) is 8.04. The number of rotatable bonds is 9. The van der Waals surface area contributed by atoms with E-state index in [9.17, 15) is 9.18 Å². The minimum absolute atomic E-state index is 0.194. The van der Waals surface area contributed by atoms with Crippen LogP contribution in [-0.2, 0) is 4.79 Å². The van der Waals surface area contributed by atoms with Gasteiger partial charge in [-0.1, -0.05) is 25.6 Å². The van der Waals surface area contributed by atoms with Crippen molar-refractivity contribution in [1.29, 1.82) is 0 Å². The van der Waals surface area contributed by atoms with Crippen LogP contribution >= 0.6 is 0 Å². The fourth-order valence-corrected chi connectivity index (χ4v) is 3.28. The molecule has 0 aliphatic rings. The fraction of sp³-hybridized carbons (Fsp3) is 0.240. The van der Waals surface area contributed by atoms with E-state index in [4.69, 9.17) is 4.74 Å². The summed E-state index contributed by atoms with van der Waals surface area (Å²) in [6.45, 7) is 6.50. The number of hydrogen-bond acceptors (Lipinski definition) is 5. The summed E-state index contributed by atoms with van der Waals surface area (Å²) in [4.78, 5) is 22.3. The predicted octanol–water partition coefficient (Wildman–Crippen LogP) is 5.28. The number of quaternary nitrogens is 1. The van der Waals surface area contributed by atoms with Gasteiger partial charge in [0, 0.05) is 37.1 Å². The monoisotopic (exact) mass is 450 g/mol. The summed E-state index contributed by atoms with van der Waals surface area (Å²) < 4.78 is 20.4. The van der Waals surface area contributed by atoms with Crippen LogP contribution < -0.4 is 19.4 Å². The fourth-order valence-electron chi connectivity index (χ4n) is 3.28. The molecule has 0 aliphatic carbocycles. The Bertz CT molecular complexity index is 1150. The number of benzene rings is 2. The van der Waals surface area contributed by atoms with Gasteiger partial charge in [0.1, 0.15) is 11.4 Å². The summed E-state index contributed by atoms with van der Waals surface area (Å²) in [5, 5.41) is 2.64. The first-order valence-corrected chi connectivity index (χ1v) is 10.6. The molecular weight excluding hydrogens is 421 g/mol. The topological polar surface area (TPSA) is 67.3 Å². The van der Waals surface area contributed by atoms with Crippen molar-refractivity contribution in [3.8, 4) is 11.6 Å². The Hall–Kier alpha value is -3.78. The second-order valence-corrected chi connectivity index (χ2v) is 8.04. The summed E-state index contributed by atoms with van der Waals surface area (Å²) in [7, 11) is 5.91. The first-order chi connectivity index (χ1) is 15.7. The zero-order valence-electron chi connectivity index (χ0n) is 19.4. The molecule has 3 aromatic rings. The predicted molar refractivity (Wildman–Crippen MR) is 131 cm³/mol. The van der Waals surface area contributed by atoms with Crippen LogP contribution in [0.2, 0.25) is 0 Å². The van der Waals surface area contributed by atoms with Gasteiger partial charge in [0.2, 0.25) is 11.7 Å². The molecule has 0 fully saturated rings. The first kappa shape index (κ1) is 23.9. The normalized spacial score (nSPS) is 11.1. The van der Waals surface area contributed by atoms with Gasteiger partial charge in [-0.05, 0) is 36.8 Å². The Kier molecular flexibility index (Phi) is 7.40. The molecule has 0 saturated heterocycles. The maximum Gasteiger partial charge on any atom is 0.337 e. The number of halogens is 1. The van der Waals surface area contributed by atoms with Crippen molar-refractivity contribution in [2.24, 2.45) is 0 Å². The summed E-state index contributed by atoms with van der Waals surface area (Å²) in [6, 6.07) is 14.7. The van der Waals surface area contributed by atoms with Gasteiger partial charge >= 0.3 is 5.95 Å². The molecule has 2 aromatic carbocycles. The van der Waals surface area contributed by atoms with Crippen LogP contribution in [0.15, 0.2) is 67.4 Å². The van der Waals surface area contributed by atoms with Crippen molar-refractivity contribution >= 4 is 28.9 Å². The Morgan fingerprint density at radius 3 is 2.73 bits per heavy atom. The van der Waals surface area contributed by atoms with Crippen molar-refractivity contribution in [1.82, 2.24) is 14.5 Å². The smallest absolute Gasteiger partial charge is 0.337 e. The SMILES string of the molecule is C=CC(=O)Nc1cccc(Oc2nc([N+](C)(C)c3cccc(N(C)CCC)c3)ncc2F)c1. The summed E-state index contributed by atoms with van der Waals surface area (Å²) in [5.41, 5.74) is 2.52. The van der Waals surface area contributed by atoms with Crippen molar-refractivity contribution in [2.45, 2.75) is 13.3 Å². The number of amides is 1. The number of nitrogens with one attached hydrogen (secondary N) is 1. The highest BCUT2D eigenvalue weighted by atomic mass is 19.1. The van der Waals surface area contributed by atoms with Crippen LogP contribution in [0.25, 0.3) is 0 Å².